The molecule has 8 aromatic rings. The summed E-state index contributed by atoms with van der Waals surface area (Å²) in [5, 5.41) is 5.41. The smallest absolute Gasteiger partial charge is 0.164 e. The van der Waals surface area contributed by atoms with Crippen LogP contribution in [0.4, 0.5) is 0 Å². The van der Waals surface area contributed by atoms with Gasteiger partial charge < -0.3 is 4.57 Å². The zero-order chi connectivity index (χ0) is 30.3. The maximum atomic E-state index is 4.95. The Kier molecular flexibility index (Phi) is 5.42. The molecule has 0 N–H and O–H groups in total. The first kappa shape index (κ1) is 25.8. The van der Waals surface area contributed by atoms with E-state index < -0.39 is 0 Å². The molecule has 0 aliphatic heterocycles. The second-order valence-electron chi connectivity index (χ2n) is 12.9. The van der Waals surface area contributed by atoms with Crippen molar-refractivity contribution in [2.75, 3.05) is 0 Å². The summed E-state index contributed by atoms with van der Waals surface area (Å²) in [6, 6.07) is 44.8. The summed E-state index contributed by atoms with van der Waals surface area (Å²) in [6.07, 6.45) is 0. The van der Waals surface area contributed by atoms with Gasteiger partial charge in [-0.25, -0.2) is 15.0 Å². The second-order valence-corrected chi connectivity index (χ2v) is 12.9. The van der Waals surface area contributed by atoms with Gasteiger partial charge in [0.1, 0.15) is 0 Å². The minimum atomic E-state index is -0.0361. The fourth-order valence-corrected chi connectivity index (χ4v) is 7.02. The van der Waals surface area contributed by atoms with E-state index in [2.05, 4.69) is 92.1 Å². The van der Waals surface area contributed by atoms with Crippen LogP contribution in [0.5, 0.6) is 0 Å². The average Bonchev–Trinajstić information content (AvgIpc) is 3.61. The number of fused-ring (bicyclic) bond motifs is 1. The third kappa shape index (κ3) is 3.89. The summed E-state index contributed by atoms with van der Waals surface area (Å²) in [6.45, 7) is 6.95. The Bertz CT molecular complexity index is 2370. The molecule has 9 rings (SSSR count). The molecule has 0 fully saturated rings. The topological polar surface area (TPSA) is 43.6 Å². The standard InChI is InChI=1S/C41H30N4/c1-41(2,3)32-24-28-16-10-17-30-31-18-11-19-33-35(31)36(34(28)30)37(32)45(33)29-22-20-27(21-23-29)40-43-38(25-12-6-4-7-13-25)42-39(44-40)26-14-8-5-9-15-26/h4-24H,1-3H3. The Morgan fingerprint density at radius 1 is 0.489 bits per heavy atom. The van der Waals surface area contributed by atoms with Crippen LogP contribution in [0.2, 0.25) is 0 Å². The molecule has 0 bridgehead atoms. The quantitative estimate of drug-likeness (QED) is 0.209. The number of rotatable bonds is 4. The molecule has 0 saturated heterocycles. The molecule has 0 spiro atoms. The monoisotopic (exact) mass is 578 g/mol. The first-order valence-electron chi connectivity index (χ1n) is 15.5. The number of benzene rings is 6. The van der Waals surface area contributed by atoms with Gasteiger partial charge in [-0.05, 0) is 69.3 Å². The first-order valence-corrected chi connectivity index (χ1v) is 15.5. The van der Waals surface area contributed by atoms with E-state index >= 15 is 0 Å². The highest BCUT2D eigenvalue weighted by molar-refractivity contribution is 6.34. The van der Waals surface area contributed by atoms with Crippen molar-refractivity contribution in [3.63, 3.8) is 0 Å². The van der Waals surface area contributed by atoms with Crippen molar-refractivity contribution in [3.8, 4) is 51.0 Å². The van der Waals surface area contributed by atoms with Gasteiger partial charge in [0.2, 0.25) is 0 Å². The van der Waals surface area contributed by atoms with Crippen LogP contribution in [-0.4, -0.2) is 19.5 Å². The van der Waals surface area contributed by atoms with Crippen molar-refractivity contribution in [2.24, 2.45) is 0 Å². The molecule has 4 heteroatoms. The second kappa shape index (κ2) is 9.44. The summed E-state index contributed by atoms with van der Waals surface area (Å²) in [4.78, 5) is 14.8. The number of hydrogen-bond donors (Lipinski definition) is 0. The number of aromatic nitrogens is 4. The van der Waals surface area contributed by atoms with E-state index in [1.54, 1.807) is 0 Å². The lowest BCUT2D eigenvalue weighted by atomic mass is 9.84. The third-order valence-corrected chi connectivity index (χ3v) is 9.08. The lowest BCUT2D eigenvalue weighted by Gasteiger charge is -2.23. The highest BCUT2D eigenvalue weighted by Gasteiger charge is 2.30. The van der Waals surface area contributed by atoms with Crippen molar-refractivity contribution in [1.29, 1.82) is 0 Å². The van der Waals surface area contributed by atoms with Crippen molar-refractivity contribution >= 4 is 32.6 Å². The molecule has 4 nitrogen and oxygen atoms in total. The molecule has 0 saturated carbocycles. The van der Waals surface area contributed by atoms with Gasteiger partial charge in [-0.15, -0.1) is 0 Å². The Morgan fingerprint density at radius 3 is 1.60 bits per heavy atom. The molecule has 0 radical (unpaired) electrons. The summed E-state index contributed by atoms with van der Waals surface area (Å²) in [5.41, 5.74) is 10.5. The Hall–Kier alpha value is -5.61. The van der Waals surface area contributed by atoms with Gasteiger partial charge in [-0.2, -0.15) is 0 Å². The molecule has 1 aliphatic carbocycles. The van der Waals surface area contributed by atoms with Gasteiger partial charge in [-0.3, -0.25) is 0 Å². The number of hydrogen-bond acceptors (Lipinski definition) is 3. The van der Waals surface area contributed by atoms with E-state index in [0.717, 1.165) is 22.4 Å². The zero-order valence-electron chi connectivity index (χ0n) is 25.4. The largest absolute Gasteiger partial charge is 0.309 e. The molecule has 214 valence electrons. The number of nitrogens with zero attached hydrogens (tertiary/aromatic N) is 4. The van der Waals surface area contributed by atoms with Crippen LogP contribution < -0.4 is 0 Å². The predicted molar refractivity (Wildman–Crippen MR) is 186 cm³/mol. The van der Waals surface area contributed by atoms with Crippen LogP contribution in [0.15, 0.2) is 127 Å². The highest BCUT2D eigenvalue weighted by Crippen LogP contribution is 2.52. The van der Waals surface area contributed by atoms with E-state index in [9.17, 15) is 0 Å². The van der Waals surface area contributed by atoms with Crippen molar-refractivity contribution in [2.45, 2.75) is 26.2 Å². The van der Waals surface area contributed by atoms with E-state index in [1.165, 1.54) is 49.3 Å². The minimum absolute atomic E-state index is 0.0361. The van der Waals surface area contributed by atoms with E-state index in [0.29, 0.717) is 17.5 Å². The fourth-order valence-electron chi connectivity index (χ4n) is 7.02. The van der Waals surface area contributed by atoms with Crippen molar-refractivity contribution in [1.82, 2.24) is 19.5 Å². The van der Waals surface area contributed by atoms with Gasteiger partial charge in [0.05, 0.1) is 11.0 Å². The molecule has 6 aromatic carbocycles. The zero-order valence-corrected chi connectivity index (χ0v) is 25.4. The van der Waals surface area contributed by atoms with Crippen LogP contribution >= 0.6 is 0 Å². The molecule has 0 amide bonds. The van der Waals surface area contributed by atoms with Crippen LogP contribution in [0.25, 0.3) is 83.6 Å². The van der Waals surface area contributed by atoms with Crippen LogP contribution in [0.1, 0.15) is 26.3 Å². The molecule has 0 unspecified atom stereocenters. The first-order chi connectivity index (χ1) is 22.0. The van der Waals surface area contributed by atoms with E-state index in [1.807, 2.05) is 60.7 Å². The van der Waals surface area contributed by atoms with E-state index in [-0.39, 0.29) is 5.41 Å². The lowest BCUT2D eigenvalue weighted by molar-refractivity contribution is 0.594. The van der Waals surface area contributed by atoms with Gasteiger partial charge in [0.25, 0.3) is 0 Å². The molecule has 1 aliphatic rings. The normalized spacial score (nSPS) is 12.3. The van der Waals surface area contributed by atoms with Crippen molar-refractivity contribution < 1.29 is 0 Å². The van der Waals surface area contributed by atoms with E-state index in [4.69, 9.17) is 15.0 Å². The Balaban J connectivity index is 1.25. The van der Waals surface area contributed by atoms with Gasteiger partial charge >= 0.3 is 0 Å². The average molecular weight is 579 g/mol. The predicted octanol–water partition coefficient (Wildman–Crippen LogP) is 10.4. The molecular formula is C41H30N4. The van der Waals surface area contributed by atoms with Crippen LogP contribution in [0, 0.1) is 0 Å². The maximum absolute atomic E-state index is 4.95. The molecular weight excluding hydrogens is 548 g/mol. The summed E-state index contributed by atoms with van der Waals surface area (Å²) in [7, 11) is 0. The van der Waals surface area contributed by atoms with Gasteiger partial charge in [-0.1, -0.05) is 112 Å². The minimum Gasteiger partial charge on any atom is -0.309 e. The highest BCUT2D eigenvalue weighted by atomic mass is 15.0. The van der Waals surface area contributed by atoms with Crippen LogP contribution in [0.3, 0.4) is 0 Å². The SMILES string of the molecule is CC(C)(C)c1cc2cccc3c2c2c4c-3cccc4n(-c3ccc(-c4nc(-c5ccccc5)nc(-c5ccccc5)n4)cc3)c12. The Morgan fingerprint density at radius 2 is 1.02 bits per heavy atom. The summed E-state index contributed by atoms with van der Waals surface area (Å²) >= 11 is 0. The summed E-state index contributed by atoms with van der Waals surface area (Å²) < 4.78 is 2.46. The molecule has 2 aromatic heterocycles. The summed E-state index contributed by atoms with van der Waals surface area (Å²) in [5.74, 6) is 1.99. The molecule has 2 heterocycles. The maximum Gasteiger partial charge on any atom is 0.164 e. The fraction of sp³-hybridized carbons (Fsp3) is 0.0976. The Labute approximate surface area is 261 Å². The molecule has 0 atom stereocenters. The third-order valence-electron chi connectivity index (χ3n) is 9.08. The van der Waals surface area contributed by atoms with Crippen LogP contribution in [-0.2, 0) is 5.41 Å². The molecule has 45 heavy (non-hydrogen) atoms. The van der Waals surface area contributed by atoms with Gasteiger partial charge in [0, 0.05) is 33.2 Å². The lowest BCUT2D eigenvalue weighted by Crippen LogP contribution is -2.13. The van der Waals surface area contributed by atoms with Gasteiger partial charge in [0.15, 0.2) is 17.5 Å². The van der Waals surface area contributed by atoms with Crippen molar-refractivity contribution in [3.05, 3.63) is 133 Å².